The summed E-state index contributed by atoms with van der Waals surface area (Å²) in [6.07, 6.45) is 5.94. The van der Waals surface area contributed by atoms with Crippen molar-refractivity contribution in [3.63, 3.8) is 0 Å². The van der Waals surface area contributed by atoms with Gasteiger partial charge in [-0.1, -0.05) is 28.8 Å². The Bertz CT molecular complexity index is 889. The Morgan fingerprint density at radius 3 is 2.36 bits per heavy atom. The Labute approximate surface area is 159 Å². The zero-order valence-electron chi connectivity index (χ0n) is 13.5. The molecule has 2 aromatic rings. The third-order valence-corrected chi connectivity index (χ3v) is 7.50. The minimum absolute atomic E-state index is 0.145. The molecule has 3 rings (SSSR count). The first-order valence-electron chi connectivity index (χ1n) is 8.11. The predicted molar refractivity (Wildman–Crippen MR) is 104 cm³/mol. The van der Waals surface area contributed by atoms with E-state index in [1.165, 1.54) is 23.5 Å². The molecule has 1 heterocycles. The smallest absolute Gasteiger partial charge is 0.262 e. The number of nitrogens with two attached hydrogens (primary N) is 1. The van der Waals surface area contributed by atoms with Crippen molar-refractivity contribution in [2.45, 2.75) is 43.4 Å². The molecule has 0 saturated carbocycles. The number of carbonyl (C=O) groups excluding carboxylic acids is 1. The monoisotopic (exact) mass is 442 g/mol. The van der Waals surface area contributed by atoms with Gasteiger partial charge in [-0.15, -0.1) is 11.3 Å². The number of primary amides is 1. The van der Waals surface area contributed by atoms with Crippen molar-refractivity contribution in [3.05, 3.63) is 44.7 Å². The molecular formula is C17H19BrN2O3S2. The molecule has 0 bridgehead atoms. The van der Waals surface area contributed by atoms with Gasteiger partial charge in [0.1, 0.15) is 5.00 Å². The molecule has 0 atom stereocenters. The molecule has 25 heavy (non-hydrogen) atoms. The van der Waals surface area contributed by atoms with Crippen LogP contribution in [-0.4, -0.2) is 14.3 Å². The largest absolute Gasteiger partial charge is 0.365 e. The van der Waals surface area contributed by atoms with Crippen LogP contribution in [0.3, 0.4) is 0 Å². The summed E-state index contributed by atoms with van der Waals surface area (Å²) in [5, 5.41) is 0.335. The average molecular weight is 443 g/mol. The lowest BCUT2D eigenvalue weighted by Crippen LogP contribution is -2.18. The summed E-state index contributed by atoms with van der Waals surface area (Å²) in [6.45, 7) is 0. The van der Waals surface area contributed by atoms with Gasteiger partial charge >= 0.3 is 0 Å². The standard InChI is InChI=1S/C17H19BrN2O3S2/c18-11-7-9-12(10-8-11)25(22,23)20-17-15(16(19)21)13-5-3-1-2-4-6-14(13)24-17/h7-10,20H,1-6H2,(H2,19,21). The molecule has 5 nitrogen and oxygen atoms in total. The van der Waals surface area contributed by atoms with Gasteiger partial charge in [-0.2, -0.15) is 0 Å². The van der Waals surface area contributed by atoms with Crippen LogP contribution in [0.25, 0.3) is 0 Å². The molecule has 1 aliphatic carbocycles. The highest BCUT2D eigenvalue weighted by molar-refractivity contribution is 9.10. The van der Waals surface area contributed by atoms with Crippen molar-refractivity contribution in [1.82, 2.24) is 0 Å². The molecule has 1 aliphatic rings. The van der Waals surface area contributed by atoms with Crippen LogP contribution in [0.15, 0.2) is 33.6 Å². The van der Waals surface area contributed by atoms with E-state index in [1.807, 2.05) is 0 Å². The molecule has 0 fully saturated rings. The van der Waals surface area contributed by atoms with E-state index in [4.69, 9.17) is 5.73 Å². The summed E-state index contributed by atoms with van der Waals surface area (Å²) in [7, 11) is -3.77. The summed E-state index contributed by atoms with van der Waals surface area (Å²) < 4.78 is 28.7. The van der Waals surface area contributed by atoms with Crippen LogP contribution in [0.1, 0.15) is 46.5 Å². The normalized spacial score (nSPS) is 15.1. The lowest BCUT2D eigenvalue weighted by atomic mass is 9.96. The quantitative estimate of drug-likeness (QED) is 0.747. The highest BCUT2D eigenvalue weighted by Gasteiger charge is 2.26. The molecule has 0 aliphatic heterocycles. The van der Waals surface area contributed by atoms with Crippen molar-refractivity contribution in [3.8, 4) is 0 Å². The van der Waals surface area contributed by atoms with E-state index in [2.05, 4.69) is 20.7 Å². The molecule has 1 aromatic carbocycles. The van der Waals surface area contributed by atoms with Crippen molar-refractivity contribution in [1.29, 1.82) is 0 Å². The maximum atomic E-state index is 12.7. The third-order valence-electron chi connectivity index (χ3n) is 4.27. The second-order valence-electron chi connectivity index (χ2n) is 6.05. The second-order valence-corrected chi connectivity index (χ2v) is 9.75. The number of anilines is 1. The molecule has 8 heteroatoms. The predicted octanol–water partition coefficient (Wildman–Crippen LogP) is 4.07. The topological polar surface area (TPSA) is 89.3 Å². The van der Waals surface area contributed by atoms with Crippen molar-refractivity contribution in [2.75, 3.05) is 4.72 Å². The van der Waals surface area contributed by atoms with E-state index in [9.17, 15) is 13.2 Å². The Morgan fingerprint density at radius 2 is 1.72 bits per heavy atom. The van der Waals surface area contributed by atoms with Gasteiger partial charge in [-0.05, 0) is 55.5 Å². The van der Waals surface area contributed by atoms with Gasteiger partial charge in [0.2, 0.25) is 0 Å². The Morgan fingerprint density at radius 1 is 1.08 bits per heavy atom. The fourth-order valence-electron chi connectivity index (χ4n) is 3.05. The maximum absolute atomic E-state index is 12.7. The van der Waals surface area contributed by atoms with E-state index in [0.29, 0.717) is 10.6 Å². The minimum atomic E-state index is -3.77. The first-order chi connectivity index (χ1) is 11.9. The highest BCUT2D eigenvalue weighted by atomic mass is 79.9. The minimum Gasteiger partial charge on any atom is -0.365 e. The van der Waals surface area contributed by atoms with Crippen LogP contribution in [0.5, 0.6) is 0 Å². The van der Waals surface area contributed by atoms with Gasteiger partial charge in [-0.25, -0.2) is 8.42 Å². The molecule has 0 radical (unpaired) electrons. The number of fused-ring (bicyclic) bond motifs is 1. The molecule has 134 valence electrons. The number of sulfonamides is 1. The first-order valence-corrected chi connectivity index (χ1v) is 11.2. The first kappa shape index (κ1) is 18.4. The Kier molecular flexibility index (Phi) is 5.50. The van der Waals surface area contributed by atoms with Crippen LogP contribution in [-0.2, 0) is 22.9 Å². The van der Waals surface area contributed by atoms with Gasteiger partial charge in [0.25, 0.3) is 15.9 Å². The zero-order valence-corrected chi connectivity index (χ0v) is 16.8. The number of nitrogens with one attached hydrogen (secondary N) is 1. The SMILES string of the molecule is NC(=O)c1c(NS(=O)(=O)c2ccc(Br)cc2)sc2c1CCCCCC2. The van der Waals surface area contributed by atoms with Crippen LogP contribution in [0.4, 0.5) is 5.00 Å². The van der Waals surface area contributed by atoms with Crippen molar-refractivity contribution < 1.29 is 13.2 Å². The zero-order chi connectivity index (χ0) is 18.0. The van der Waals surface area contributed by atoms with Crippen LogP contribution in [0.2, 0.25) is 0 Å². The average Bonchev–Trinajstić information content (AvgIpc) is 2.84. The van der Waals surface area contributed by atoms with Gasteiger partial charge in [0, 0.05) is 9.35 Å². The van der Waals surface area contributed by atoms with Crippen LogP contribution >= 0.6 is 27.3 Å². The molecule has 1 aromatic heterocycles. The Hall–Kier alpha value is -1.38. The molecule has 0 saturated heterocycles. The van der Waals surface area contributed by atoms with Gasteiger partial charge in [0.05, 0.1) is 10.5 Å². The second kappa shape index (κ2) is 7.47. The molecule has 0 spiro atoms. The number of rotatable bonds is 4. The summed E-state index contributed by atoms with van der Waals surface area (Å²) in [6, 6.07) is 6.36. The fourth-order valence-corrected chi connectivity index (χ4v) is 5.91. The lowest BCUT2D eigenvalue weighted by molar-refractivity contribution is 0.100. The van der Waals surface area contributed by atoms with Gasteiger partial charge < -0.3 is 5.73 Å². The lowest BCUT2D eigenvalue weighted by Gasteiger charge is -2.10. The number of carbonyl (C=O) groups is 1. The summed E-state index contributed by atoms with van der Waals surface area (Å²) in [5.41, 5.74) is 6.83. The molecule has 1 amide bonds. The van der Waals surface area contributed by atoms with Crippen molar-refractivity contribution >= 4 is 48.2 Å². The summed E-state index contributed by atoms with van der Waals surface area (Å²) >= 11 is 4.63. The van der Waals surface area contributed by atoms with E-state index < -0.39 is 15.9 Å². The van der Waals surface area contributed by atoms with E-state index >= 15 is 0 Å². The molecular weight excluding hydrogens is 424 g/mol. The summed E-state index contributed by atoms with van der Waals surface area (Å²) in [4.78, 5) is 13.2. The number of benzene rings is 1. The summed E-state index contributed by atoms with van der Waals surface area (Å²) in [5.74, 6) is -0.577. The number of hydrogen-bond donors (Lipinski definition) is 2. The number of thiophene rings is 1. The number of amides is 1. The van der Waals surface area contributed by atoms with E-state index in [-0.39, 0.29) is 4.90 Å². The highest BCUT2D eigenvalue weighted by Crippen LogP contribution is 2.38. The molecule has 0 unspecified atom stereocenters. The van der Waals surface area contributed by atoms with Gasteiger partial charge in [-0.3, -0.25) is 9.52 Å². The number of aryl methyl sites for hydroxylation is 1. The molecule has 3 N–H and O–H groups in total. The fraction of sp³-hybridized carbons (Fsp3) is 0.353. The van der Waals surface area contributed by atoms with Crippen molar-refractivity contribution in [2.24, 2.45) is 5.73 Å². The van der Waals surface area contributed by atoms with Gasteiger partial charge in [0.15, 0.2) is 0 Å². The van der Waals surface area contributed by atoms with E-state index in [0.717, 1.165) is 53.4 Å². The van der Waals surface area contributed by atoms with E-state index in [1.54, 1.807) is 12.1 Å². The van der Waals surface area contributed by atoms with Crippen LogP contribution < -0.4 is 10.5 Å². The number of hydrogen-bond acceptors (Lipinski definition) is 4. The van der Waals surface area contributed by atoms with Crippen LogP contribution in [0, 0.1) is 0 Å². The number of halogens is 1. The Balaban J connectivity index is 2.00. The maximum Gasteiger partial charge on any atom is 0.262 e. The third kappa shape index (κ3) is 4.07.